The van der Waals surface area contributed by atoms with Crippen molar-refractivity contribution < 1.29 is 24.5 Å². The van der Waals surface area contributed by atoms with Gasteiger partial charge in [-0.1, -0.05) is 314 Å². The molecule has 6 heteroatoms. The highest BCUT2D eigenvalue weighted by Crippen LogP contribution is 2.18. The fourth-order valence-corrected chi connectivity index (χ4v) is 10.7. The zero-order valence-corrected chi connectivity index (χ0v) is 51.3. The van der Waals surface area contributed by atoms with Crippen molar-refractivity contribution in [2.75, 3.05) is 13.2 Å². The minimum Gasteiger partial charge on any atom is -0.466 e. The van der Waals surface area contributed by atoms with Gasteiger partial charge in [-0.2, -0.15) is 0 Å². The molecule has 2 atom stereocenters. The van der Waals surface area contributed by atoms with Gasteiger partial charge in [-0.15, -0.1) is 0 Å². The first-order valence-corrected chi connectivity index (χ1v) is 34.2. The number of carbonyl (C=O) groups excluding carboxylic acids is 2. The van der Waals surface area contributed by atoms with E-state index in [2.05, 4.69) is 55.6 Å². The van der Waals surface area contributed by atoms with E-state index in [1.165, 1.54) is 289 Å². The molecule has 3 N–H and O–H groups in total. The molecule has 0 aliphatic rings. The smallest absolute Gasteiger partial charge is 0.305 e. The van der Waals surface area contributed by atoms with Crippen molar-refractivity contribution in [3.63, 3.8) is 0 Å². The number of allylic oxidation sites excluding steroid dienone is 6. The van der Waals surface area contributed by atoms with Crippen molar-refractivity contribution in [1.29, 1.82) is 0 Å². The van der Waals surface area contributed by atoms with Crippen LogP contribution in [0.1, 0.15) is 373 Å². The van der Waals surface area contributed by atoms with Crippen LogP contribution in [-0.2, 0) is 14.3 Å². The van der Waals surface area contributed by atoms with Gasteiger partial charge in [-0.25, -0.2) is 0 Å². The zero-order chi connectivity index (χ0) is 55.0. The number of aliphatic hydroxyl groups excluding tert-OH is 2. The number of unbranched alkanes of at least 4 members (excludes halogenated alkanes) is 47. The van der Waals surface area contributed by atoms with Gasteiger partial charge >= 0.3 is 5.97 Å². The maximum absolute atomic E-state index is 12.5. The Morgan fingerprint density at radius 1 is 0.368 bits per heavy atom. The number of hydrogen-bond donors (Lipinski definition) is 3. The summed E-state index contributed by atoms with van der Waals surface area (Å²) in [4.78, 5) is 24.6. The summed E-state index contributed by atoms with van der Waals surface area (Å²) in [6.45, 7) is 4.95. The van der Waals surface area contributed by atoms with Crippen LogP contribution in [0.2, 0.25) is 0 Å². The lowest BCUT2D eigenvalue weighted by atomic mass is 10.0. The summed E-state index contributed by atoms with van der Waals surface area (Å²) in [6, 6.07) is -0.544. The molecule has 2 unspecified atom stereocenters. The predicted molar refractivity (Wildman–Crippen MR) is 333 cm³/mol. The first-order chi connectivity index (χ1) is 37.5. The predicted octanol–water partition coefficient (Wildman–Crippen LogP) is 21.9. The summed E-state index contributed by atoms with van der Waals surface area (Å²) < 4.78 is 5.50. The van der Waals surface area contributed by atoms with Gasteiger partial charge < -0.3 is 20.3 Å². The number of rotatable bonds is 64. The highest BCUT2D eigenvalue weighted by molar-refractivity contribution is 5.76. The molecule has 0 aromatic carbocycles. The zero-order valence-electron chi connectivity index (χ0n) is 51.3. The molecule has 0 bridgehead atoms. The number of nitrogens with one attached hydrogen (secondary N) is 1. The lowest BCUT2D eigenvalue weighted by Crippen LogP contribution is -2.45. The second kappa shape index (κ2) is 65.6. The summed E-state index contributed by atoms with van der Waals surface area (Å²) in [5, 5.41) is 23.3. The fourth-order valence-electron chi connectivity index (χ4n) is 10.7. The molecule has 0 saturated carbocycles. The Morgan fingerprint density at radius 3 is 1.04 bits per heavy atom. The van der Waals surface area contributed by atoms with E-state index >= 15 is 0 Å². The number of esters is 1. The van der Waals surface area contributed by atoms with E-state index in [-0.39, 0.29) is 18.5 Å². The number of ether oxygens (including phenoxy) is 1. The second-order valence-corrected chi connectivity index (χ2v) is 23.5. The van der Waals surface area contributed by atoms with Crippen molar-refractivity contribution in [1.82, 2.24) is 5.32 Å². The van der Waals surface area contributed by atoms with E-state index in [0.29, 0.717) is 25.9 Å². The van der Waals surface area contributed by atoms with Gasteiger partial charge in [0, 0.05) is 12.8 Å². The highest BCUT2D eigenvalue weighted by atomic mass is 16.5. The van der Waals surface area contributed by atoms with Crippen molar-refractivity contribution >= 4 is 11.9 Å². The van der Waals surface area contributed by atoms with Gasteiger partial charge in [-0.3, -0.25) is 9.59 Å². The third kappa shape index (κ3) is 61.3. The number of amides is 1. The Morgan fingerprint density at radius 2 is 0.658 bits per heavy atom. The van der Waals surface area contributed by atoms with E-state index in [0.717, 1.165) is 51.4 Å². The number of hydrogen-bond acceptors (Lipinski definition) is 5. The standard InChI is InChI=1S/C70H133NO5/c1-3-5-7-9-11-13-15-17-19-20-28-32-36-40-44-48-52-56-60-64-70(75)76-65-61-57-53-49-45-41-37-33-30-27-25-23-21-22-24-26-29-31-35-39-43-47-51-55-59-63-69(74)71-67(66-72)68(73)62-58-54-50-46-42-38-34-18-16-14-12-10-8-6-4-2/h11,13,17,19,22,24,67-68,72-73H,3-10,12,14-16,18,20-21,23,25-66H2,1-2H3,(H,71,74)/b13-11-,19-17-,24-22-. The Kier molecular flexibility index (Phi) is 63.9. The third-order valence-corrected chi connectivity index (χ3v) is 15.9. The molecule has 0 aromatic heterocycles. The van der Waals surface area contributed by atoms with Crippen molar-refractivity contribution in [3.8, 4) is 0 Å². The Hall–Kier alpha value is -1.92. The summed E-state index contributed by atoms with van der Waals surface area (Å²) >= 11 is 0. The van der Waals surface area contributed by atoms with E-state index in [9.17, 15) is 19.8 Å². The Bertz CT molecular complexity index is 1230. The normalized spacial score (nSPS) is 12.7. The van der Waals surface area contributed by atoms with E-state index in [1.807, 2.05) is 0 Å². The quantitative estimate of drug-likeness (QED) is 0.0320. The van der Waals surface area contributed by atoms with E-state index in [1.54, 1.807) is 0 Å². The second-order valence-electron chi connectivity index (χ2n) is 23.5. The SMILES string of the molecule is CCCCC/C=C\C/C=C\CCCCCCCCCCCC(=O)OCCCCCCCCCCCCCC/C=C\CCCCCCCCCCCC(=O)NC(CO)C(O)CCCCCCCCCCCCCCCCC. The number of carbonyl (C=O) groups is 2. The molecular weight excluding hydrogens is 935 g/mol. The van der Waals surface area contributed by atoms with Crippen molar-refractivity contribution in [2.45, 2.75) is 386 Å². The lowest BCUT2D eigenvalue weighted by Gasteiger charge is -2.22. The number of aliphatic hydroxyl groups is 2. The van der Waals surface area contributed by atoms with Crippen molar-refractivity contribution in [3.05, 3.63) is 36.5 Å². The van der Waals surface area contributed by atoms with Gasteiger partial charge in [0.15, 0.2) is 0 Å². The van der Waals surface area contributed by atoms with E-state index in [4.69, 9.17) is 4.74 Å². The van der Waals surface area contributed by atoms with Crippen LogP contribution in [0.5, 0.6) is 0 Å². The fraction of sp³-hybridized carbons (Fsp3) is 0.886. The molecule has 0 aliphatic carbocycles. The van der Waals surface area contributed by atoms with Crippen molar-refractivity contribution in [2.24, 2.45) is 0 Å². The molecule has 0 heterocycles. The molecule has 448 valence electrons. The molecule has 1 amide bonds. The van der Waals surface area contributed by atoms with Crippen LogP contribution in [0.25, 0.3) is 0 Å². The van der Waals surface area contributed by atoms with Crippen LogP contribution in [0, 0.1) is 0 Å². The Labute approximate surface area is 474 Å². The molecule has 0 spiro atoms. The molecule has 0 saturated heterocycles. The monoisotopic (exact) mass is 1070 g/mol. The van der Waals surface area contributed by atoms with Gasteiger partial charge in [0.1, 0.15) is 0 Å². The maximum atomic E-state index is 12.5. The molecule has 6 nitrogen and oxygen atoms in total. The average Bonchev–Trinajstić information content (AvgIpc) is 3.42. The minimum atomic E-state index is -0.666. The first-order valence-electron chi connectivity index (χ1n) is 34.2. The van der Waals surface area contributed by atoms with Gasteiger partial charge in [0.25, 0.3) is 0 Å². The minimum absolute atomic E-state index is 0.0101. The van der Waals surface area contributed by atoms with Crippen LogP contribution in [0.15, 0.2) is 36.5 Å². The van der Waals surface area contributed by atoms with Crippen LogP contribution in [0.4, 0.5) is 0 Å². The van der Waals surface area contributed by atoms with Crippen LogP contribution < -0.4 is 5.32 Å². The highest BCUT2D eigenvalue weighted by Gasteiger charge is 2.20. The van der Waals surface area contributed by atoms with Crippen LogP contribution in [0.3, 0.4) is 0 Å². The molecule has 76 heavy (non-hydrogen) atoms. The summed E-state index contributed by atoms with van der Waals surface area (Å²) in [6.07, 6.45) is 83.2. The van der Waals surface area contributed by atoms with Gasteiger partial charge in [0.05, 0.1) is 25.4 Å². The lowest BCUT2D eigenvalue weighted by molar-refractivity contribution is -0.143. The van der Waals surface area contributed by atoms with E-state index < -0.39 is 12.1 Å². The van der Waals surface area contributed by atoms with Crippen LogP contribution >= 0.6 is 0 Å². The maximum Gasteiger partial charge on any atom is 0.305 e. The molecule has 0 radical (unpaired) electrons. The molecule has 0 aliphatic heterocycles. The molecular formula is C70H133NO5. The summed E-state index contributed by atoms with van der Waals surface area (Å²) in [5.74, 6) is -0.0259. The summed E-state index contributed by atoms with van der Waals surface area (Å²) in [5.41, 5.74) is 0. The van der Waals surface area contributed by atoms with Gasteiger partial charge in [0.2, 0.25) is 5.91 Å². The molecule has 0 aromatic rings. The van der Waals surface area contributed by atoms with Gasteiger partial charge in [-0.05, 0) is 83.5 Å². The topological polar surface area (TPSA) is 95.9 Å². The largest absolute Gasteiger partial charge is 0.466 e. The average molecular weight is 1070 g/mol. The molecule has 0 fully saturated rings. The molecule has 0 rings (SSSR count). The summed E-state index contributed by atoms with van der Waals surface area (Å²) in [7, 11) is 0. The Balaban J connectivity index is 3.38. The first kappa shape index (κ1) is 74.1. The van der Waals surface area contributed by atoms with Crippen LogP contribution in [-0.4, -0.2) is 47.4 Å². The third-order valence-electron chi connectivity index (χ3n) is 15.9.